The molecule has 5 atom stereocenters. The van der Waals surface area contributed by atoms with Crippen LogP contribution in [0.2, 0.25) is 0 Å². The summed E-state index contributed by atoms with van der Waals surface area (Å²) < 4.78 is 0. The molecule has 1 saturated heterocycles. The number of carboxylic acid groups (broad SMARTS) is 1. The number of carbonyl (C=O) groups excluding carboxylic acids is 3. The molecular weight excluding hydrogens is 426 g/mol. The van der Waals surface area contributed by atoms with Gasteiger partial charge in [0.05, 0.1) is 18.8 Å². The minimum Gasteiger partial charge on any atom is -0.480 e. The highest BCUT2D eigenvalue weighted by Gasteiger charge is 2.40. The number of aliphatic hydroxyl groups is 2. The minimum absolute atomic E-state index is 0.0918. The highest BCUT2D eigenvalue weighted by molar-refractivity contribution is 5.94. The molecule has 1 heterocycles. The van der Waals surface area contributed by atoms with E-state index in [2.05, 4.69) is 15.6 Å². The van der Waals surface area contributed by atoms with Gasteiger partial charge in [0, 0.05) is 13.1 Å². The summed E-state index contributed by atoms with van der Waals surface area (Å²) in [5, 5.41) is 33.3. The Morgan fingerprint density at radius 1 is 1.19 bits per heavy atom. The molecule has 0 spiro atoms. The van der Waals surface area contributed by atoms with Crippen molar-refractivity contribution in [3.05, 3.63) is 0 Å². The number of nitrogens with one attached hydrogen (secondary N) is 2. The zero-order chi connectivity index (χ0) is 24.4. The zero-order valence-electron chi connectivity index (χ0n) is 17.9. The molecule has 11 N–H and O–H groups in total. The predicted molar refractivity (Wildman–Crippen MR) is 113 cm³/mol. The number of aliphatic hydroxyl groups excluding tert-OH is 2. The lowest BCUT2D eigenvalue weighted by Crippen LogP contribution is -2.60. The number of rotatable bonds is 12. The van der Waals surface area contributed by atoms with Gasteiger partial charge < -0.3 is 48.1 Å². The van der Waals surface area contributed by atoms with Gasteiger partial charge in [-0.1, -0.05) is 0 Å². The lowest BCUT2D eigenvalue weighted by molar-refractivity contribution is -0.150. The van der Waals surface area contributed by atoms with E-state index in [0.717, 1.165) is 4.90 Å². The Kier molecular flexibility index (Phi) is 10.8. The summed E-state index contributed by atoms with van der Waals surface area (Å²) in [6, 6.07) is -4.94. The van der Waals surface area contributed by atoms with Crippen molar-refractivity contribution in [1.29, 1.82) is 0 Å². The van der Waals surface area contributed by atoms with Gasteiger partial charge in [-0.25, -0.2) is 4.79 Å². The Bertz CT molecular complexity index is 712. The van der Waals surface area contributed by atoms with Crippen molar-refractivity contribution in [1.82, 2.24) is 15.5 Å². The fourth-order valence-electron chi connectivity index (χ4n) is 3.23. The molecule has 1 fully saturated rings. The van der Waals surface area contributed by atoms with Gasteiger partial charge >= 0.3 is 5.97 Å². The second-order valence-corrected chi connectivity index (χ2v) is 7.55. The third kappa shape index (κ3) is 7.94. The Hall–Kier alpha value is -2.97. The maximum Gasteiger partial charge on any atom is 0.326 e. The summed E-state index contributed by atoms with van der Waals surface area (Å²) >= 11 is 0. The van der Waals surface area contributed by atoms with Gasteiger partial charge in [0.25, 0.3) is 0 Å². The molecule has 0 saturated carbocycles. The number of nitrogens with zero attached hydrogens (tertiary/aromatic N) is 2. The van der Waals surface area contributed by atoms with Crippen LogP contribution in [0.15, 0.2) is 4.99 Å². The SMILES string of the molecule is CC(O)C(NC(=O)C(CO)NC(=O)C(N)CCCN=C(N)N)C(=O)N1CCCC1C(=O)O. The number of hydrogen-bond acceptors (Lipinski definition) is 8. The van der Waals surface area contributed by atoms with Crippen LogP contribution in [0, 0.1) is 0 Å². The standard InChI is InChI=1S/C18H33N7O7/c1-9(27)13(16(30)25-7-3-5-12(25)17(31)32)24-15(29)11(8-26)23-14(28)10(19)4-2-6-22-18(20)21/h9-13,26-27H,2-8,19H2,1H3,(H,23,28)(H,24,29)(H,31,32)(H4,20,21,22). The van der Waals surface area contributed by atoms with E-state index in [1.165, 1.54) is 6.92 Å². The molecule has 0 aromatic carbocycles. The number of aliphatic imine (C=N–C) groups is 1. The van der Waals surface area contributed by atoms with Crippen LogP contribution in [0.25, 0.3) is 0 Å². The molecule has 14 heteroatoms. The molecule has 0 radical (unpaired) electrons. The Balaban J connectivity index is 2.73. The van der Waals surface area contributed by atoms with E-state index in [4.69, 9.17) is 17.2 Å². The number of nitrogens with two attached hydrogens (primary N) is 3. The first-order chi connectivity index (χ1) is 15.0. The van der Waals surface area contributed by atoms with Crippen molar-refractivity contribution >= 4 is 29.7 Å². The van der Waals surface area contributed by atoms with Crippen LogP contribution in [0.4, 0.5) is 0 Å². The molecule has 3 amide bonds. The normalized spacial score (nSPS) is 19.4. The highest BCUT2D eigenvalue weighted by Crippen LogP contribution is 2.19. The molecule has 14 nitrogen and oxygen atoms in total. The molecule has 1 rings (SSSR count). The molecule has 0 aromatic heterocycles. The van der Waals surface area contributed by atoms with Crippen LogP contribution < -0.4 is 27.8 Å². The first-order valence-corrected chi connectivity index (χ1v) is 10.2. The molecule has 1 aliphatic rings. The lowest BCUT2D eigenvalue weighted by Gasteiger charge is -2.30. The van der Waals surface area contributed by atoms with Crippen molar-refractivity contribution in [2.45, 2.75) is 62.9 Å². The van der Waals surface area contributed by atoms with E-state index < -0.39 is 60.6 Å². The van der Waals surface area contributed by atoms with Crippen LogP contribution in [0.3, 0.4) is 0 Å². The van der Waals surface area contributed by atoms with Crippen molar-refractivity contribution < 1.29 is 34.5 Å². The summed E-state index contributed by atoms with van der Waals surface area (Å²) in [5.74, 6) is -3.68. The first-order valence-electron chi connectivity index (χ1n) is 10.2. The fraction of sp³-hybridized carbons (Fsp3) is 0.722. The second-order valence-electron chi connectivity index (χ2n) is 7.55. The van der Waals surface area contributed by atoms with E-state index in [1.54, 1.807) is 0 Å². The fourth-order valence-corrected chi connectivity index (χ4v) is 3.23. The smallest absolute Gasteiger partial charge is 0.326 e. The Labute approximate surface area is 185 Å². The molecular formula is C18H33N7O7. The largest absolute Gasteiger partial charge is 0.480 e. The van der Waals surface area contributed by atoms with E-state index in [0.29, 0.717) is 12.8 Å². The average molecular weight is 460 g/mol. The van der Waals surface area contributed by atoms with Gasteiger partial charge in [0.1, 0.15) is 18.1 Å². The third-order valence-electron chi connectivity index (χ3n) is 4.99. The quantitative estimate of drug-likeness (QED) is 0.0793. The maximum atomic E-state index is 12.8. The summed E-state index contributed by atoms with van der Waals surface area (Å²) in [7, 11) is 0. The van der Waals surface area contributed by atoms with Crippen LogP contribution >= 0.6 is 0 Å². The van der Waals surface area contributed by atoms with Crippen LogP contribution in [-0.2, 0) is 19.2 Å². The monoisotopic (exact) mass is 459 g/mol. The Morgan fingerprint density at radius 3 is 2.38 bits per heavy atom. The van der Waals surface area contributed by atoms with E-state index in [-0.39, 0.29) is 31.9 Å². The van der Waals surface area contributed by atoms with E-state index in [1.807, 2.05) is 0 Å². The molecule has 0 aliphatic carbocycles. The van der Waals surface area contributed by atoms with Crippen LogP contribution in [0.5, 0.6) is 0 Å². The van der Waals surface area contributed by atoms with E-state index >= 15 is 0 Å². The van der Waals surface area contributed by atoms with Gasteiger partial charge in [-0.3, -0.25) is 19.4 Å². The van der Waals surface area contributed by atoms with E-state index in [9.17, 15) is 34.5 Å². The highest BCUT2D eigenvalue weighted by atomic mass is 16.4. The molecule has 0 aromatic rings. The number of amides is 3. The number of carboxylic acids is 1. The van der Waals surface area contributed by atoms with Crippen molar-refractivity contribution in [3.63, 3.8) is 0 Å². The number of carbonyl (C=O) groups is 4. The van der Waals surface area contributed by atoms with Gasteiger partial charge in [-0.15, -0.1) is 0 Å². The summed E-state index contributed by atoms with van der Waals surface area (Å²) in [4.78, 5) is 53.7. The van der Waals surface area contributed by atoms with Crippen molar-refractivity contribution in [2.24, 2.45) is 22.2 Å². The second kappa shape index (κ2) is 12.8. The molecule has 182 valence electrons. The molecule has 5 unspecified atom stereocenters. The lowest BCUT2D eigenvalue weighted by atomic mass is 10.1. The van der Waals surface area contributed by atoms with Gasteiger partial charge in [0.15, 0.2) is 5.96 Å². The van der Waals surface area contributed by atoms with Crippen molar-refractivity contribution in [3.8, 4) is 0 Å². The van der Waals surface area contributed by atoms with Crippen LogP contribution in [0.1, 0.15) is 32.6 Å². The summed E-state index contributed by atoms with van der Waals surface area (Å²) in [5.41, 5.74) is 16.2. The van der Waals surface area contributed by atoms with Crippen molar-refractivity contribution in [2.75, 3.05) is 19.7 Å². The third-order valence-corrected chi connectivity index (χ3v) is 4.99. The first kappa shape index (κ1) is 27.1. The molecule has 1 aliphatic heterocycles. The van der Waals surface area contributed by atoms with Gasteiger partial charge in [-0.05, 0) is 32.6 Å². The predicted octanol–water partition coefficient (Wildman–Crippen LogP) is -4.21. The number of likely N-dealkylation sites (tertiary alicyclic amines) is 1. The van der Waals surface area contributed by atoms with Crippen LogP contribution in [-0.4, -0.2) is 99.8 Å². The molecule has 0 bridgehead atoms. The minimum atomic E-state index is -1.46. The average Bonchev–Trinajstić information content (AvgIpc) is 3.22. The zero-order valence-corrected chi connectivity index (χ0v) is 17.9. The molecule has 32 heavy (non-hydrogen) atoms. The summed E-state index contributed by atoms with van der Waals surface area (Å²) in [6.07, 6.45) is -0.00338. The van der Waals surface area contributed by atoms with Gasteiger partial charge in [0.2, 0.25) is 17.7 Å². The van der Waals surface area contributed by atoms with Gasteiger partial charge in [-0.2, -0.15) is 0 Å². The topological polar surface area (TPSA) is 247 Å². The Morgan fingerprint density at radius 2 is 1.84 bits per heavy atom. The number of guanidine groups is 1. The number of hydrogen-bond donors (Lipinski definition) is 8. The number of aliphatic carboxylic acids is 1. The maximum absolute atomic E-state index is 12.8. The summed E-state index contributed by atoms with van der Waals surface area (Å²) in [6.45, 7) is 0.900.